The zero-order valence-electron chi connectivity index (χ0n) is 13.4. The van der Waals surface area contributed by atoms with E-state index in [-0.39, 0.29) is 37.7 Å². The molecule has 2 rings (SSSR count). The van der Waals surface area contributed by atoms with E-state index in [2.05, 4.69) is 45.0 Å². The van der Waals surface area contributed by atoms with Crippen molar-refractivity contribution in [2.45, 2.75) is 64.2 Å². The van der Waals surface area contributed by atoms with Crippen LogP contribution in [0.5, 0.6) is 0 Å². The molecule has 0 aromatic heterocycles. The summed E-state index contributed by atoms with van der Waals surface area (Å²) < 4.78 is 0. The Morgan fingerprint density at radius 3 is 2.00 bits per heavy atom. The topological polar surface area (TPSA) is 0 Å². The molecule has 0 saturated heterocycles. The van der Waals surface area contributed by atoms with Crippen molar-refractivity contribution >= 4 is 8.58 Å². The number of hydrogen-bond donors (Lipinski definition) is 0. The molecule has 1 fully saturated rings. The maximum atomic E-state index is 2.39. The van der Waals surface area contributed by atoms with Crippen molar-refractivity contribution in [2.75, 3.05) is 0 Å². The van der Waals surface area contributed by atoms with Gasteiger partial charge in [-0.05, 0) is 0 Å². The van der Waals surface area contributed by atoms with Gasteiger partial charge >= 0.3 is 37.7 Å². The van der Waals surface area contributed by atoms with E-state index in [1.54, 1.807) is 14.1 Å². The SMILES string of the molecule is CC(C)(C)C([P-]C1CCCCC1)[c-]1cccc1.[Li+].[Li+]. The summed E-state index contributed by atoms with van der Waals surface area (Å²) in [4.78, 5) is 0. The van der Waals surface area contributed by atoms with Crippen LogP contribution in [-0.4, -0.2) is 5.66 Å². The molecule has 1 unspecified atom stereocenters. The molecule has 0 heterocycles. The second kappa shape index (κ2) is 9.09. The maximum absolute atomic E-state index is 2.39. The predicted octanol–water partition coefficient (Wildman–Crippen LogP) is -0.220. The van der Waals surface area contributed by atoms with E-state index in [0.29, 0.717) is 11.1 Å². The normalized spacial score (nSPS) is 18.9. The molecule has 0 N–H and O–H groups in total. The molecular formula is C16H25Li2P. The Morgan fingerprint density at radius 1 is 1.00 bits per heavy atom. The van der Waals surface area contributed by atoms with Gasteiger partial charge in [0, 0.05) is 0 Å². The summed E-state index contributed by atoms with van der Waals surface area (Å²) in [5.74, 6) is 0. The van der Waals surface area contributed by atoms with Crippen LogP contribution in [0, 0.1) is 5.41 Å². The summed E-state index contributed by atoms with van der Waals surface area (Å²) in [6.45, 7) is 7.17. The average molecular weight is 262 g/mol. The van der Waals surface area contributed by atoms with Crippen LogP contribution in [-0.2, 0) is 0 Å². The van der Waals surface area contributed by atoms with Gasteiger partial charge in [-0.3, -0.25) is 0 Å². The van der Waals surface area contributed by atoms with Crippen LogP contribution >= 0.6 is 8.58 Å². The Kier molecular flexibility index (Phi) is 9.55. The van der Waals surface area contributed by atoms with Crippen LogP contribution in [0.15, 0.2) is 24.3 Å². The first-order chi connectivity index (χ1) is 8.07. The summed E-state index contributed by atoms with van der Waals surface area (Å²) in [6.07, 6.45) is 7.28. The zero-order chi connectivity index (χ0) is 12.3. The summed E-state index contributed by atoms with van der Waals surface area (Å²) in [5, 5.41) is 0. The largest absolute Gasteiger partial charge is 1.00 e. The monoisotopic (exact) mass is 262 g/mol. The van der Waals surface area contributed by atoms with Crippen LogP contribution in [0.4, 0.5) is 0 Å². The Balaban J connectivity index is 0.00000162. The van der Waals surface area contributed by atoms with Crippen LogP contribution in [0.2, 0.25) is 0 Å². The fourth-order valence-electron chi connectivity index (χ4n) is 2.82. The van der Waals surface area contributed by atoms with E-state index < -0.39 is 0 Å². The Bertz CT molecular complexity index is 321. The van der Waals surface area contributed by atoms with Gasteiger partial charge in [0.2, 0.25) is 0 Å². The van der Waals surface area contributed by atoms with Crippen molar-refractivity contribution in [1.29, 1.82) is 0 Å². The standard InChI is InChI=1S/C16H25P.2Li/c1-16(2,3)15(13-9-7-8-10-13)17-14-11-5-4-6-12-14;;/h7-10,14-15H,4-6,11-12H2,1-3H3;;/q-2;2*+1. The van der Waals surface area contributed by atoms with E-state index in [1.165, 1.54) is 32.1 Å². The van der Waals surface area contributed by atoms with Gasteiger partial charge < -0.3 is 8.58 Å². The number of rotatable bonds is 3. The molecule has 1 aromatic carbocycles. The fraction of sp³-hybridized carbons (Fsp3) is 0.688. The van der Waals surface area contributed by atoms with E-state index in [0.717, 1.165) is 5.66 Å². The molecule has 0 nitrogen and oxygen atoms in total. The molecular weight excluding hydrogens is 237 g/mol. The molecule has 0 radical (unpaired) electrons. The molecule has 0 bridgehead atoms. The van der Waals surface area contributed by atoms with Crippen molar-refractivity contribution in [3.63, 3.8) is 0 Å². The molecule has 1 saturated carbocycles. The van der Waals surface area contributed by atoms with E-state index in [9.17, 15) is 0 Å². The van der Waals surface area contributed by atoms with Crippen LogP contribution in [0.3, 0.4) is 0 Å². The molecule has 1 aliphatic carbocycles. The Morgan fingerprint density at radius 2 is 1.53 bits per heavy atom. The minimum absolute atomic E-state index is 0. The van der Waals surface area contributed by atoms with Gasteiger partial charge in [-0.15, -0.1) is 0 Å². The zero-order valence-corrected chi connectivity index (χ0v) is 14.3. The molecule has 1 aromatic rings. The third-order valence-electron chi connectivity index (χ3n) is 3.76. The molecule has 1 aliphatic rings. The quantitative estimate of drug-likeness (QED) is 0.401. The molecule has 3 heteroatoms. The van der Waals surface area contributed by atoms with Crippen LogP contribution in [0.1, 0.15) is 64.1 Å². The smallest absolute Gasteiger partial charge is 0.541 e. The van der Waals surface area contributed by atoms with Crippen LogP contribution < -0.4 is 37.7 Å². The van der Waals surface area contributed by atoms with Crippen LogP contribution in [0.25, 0.3) is 0 Å². The molecule has 0 aliphatic heterocycles. The van der Waals surface area contributed by atoms with Crippen molar-refractivity contribution in [3.05, 3.63) is 29.8 Å². The second-order valence-corrected chi connectivity index (χ2v) is 7.97. The first-order valence-corrected chi connectivity index (χ1v) is 8.02. The van der Waals surface area contributed by atoms with Gasteiger partial charge in [0.1, 0.15) is 0 Å². The summed E-state index contributed by atoms with van der Waals surface area (Å²) in [7, 11) is 1.67. The third-order valence-corrected chi connectivity index (χ3v) is 6.07. The molecule has 1 atom stereocenters. The summed E-state index contributed by atoms with van der Waals surface area (Å²) in [5.41, 5.74) is 3.58. The molecule has 0 spiro atoms. The Hall–Kier alpha value is 0.975. The Labute approximate surface area is 145 Å². The summed E-state index contributed by atoms with van der Waals surface area (Å²) >= 11 is 0. The van der Waals surface area contributed by atoms with Crippen molar-refractivity contribution in [1.82, 2.24) is 0 Å². The predicted molar refractivity (Wildman–Crippen MR) is 78.0 cm³/mol. The van der Waals surface area contributed by atoms with Crippen molar-refractivity contribution in [2.24, 2.45) is 5.41 Å². The van der Waals surface area contributed by atoms with Crippen molar-refractivity contribution in [3.8, 4) is 0 Å². The van der Waals surface area contributed by atoms with Gasteiger partial charge in [0.05, 0.1) is 0 Å². The molecule has 0 amide bonds. The molecule has 96 valence electrons. The van der Waals surface area contributed by atoms with Crippen molar-refractivity contribution < 1.29 is 37.7 Å². The van der Waals surface area contributed by atoms with E-state index in [1.807, 2.05) is 0 Å². The fourth-order valence-corrected chi connectivity index (χ4v) is 4.70. The minimum Gasteiger partial charge on any atom is -0.541 e. The van der Waals surface area contributed by atoms with E-state index >= 15 is 0 Å². The average Bonchev–Trinajstić information content (AvgIpc) is 2.79. The minimum atomic E-state index is 0. The summed E-state index contributed by atoms with van der Waals surface area (Å²) in [6, 6.07) is 8.99. The van der Waals surface area contributed by atoms with E-state index in [4.69, 9.17) is 0 Å². The third kappa shape index (κ3) is 6.09. The van der Waals surface area contributed by atoms with Gasteiger partial charge in [0.25, 0.3) is 0 Å². The first kappa shape index (κ1) is 20.0. The van der Waals surface area contributed by atoms with Gasteiger partial charge in [0.15, 0.2) is 0 Å². The van der Waals surface area contributed by atoms with Gasteiger partial charge in [-0.1, -0.05) is 58.3 Å². The molecule has 19 heavy (non-hydrogen) atoms. The van der Waals surface area contributed by atoms with Gasteiger partial charge in [-0.25, -0.2) is 12.1 Å². The van der Waals surface area contributed by atoms with Gasteiger partial charge in [-0.2, -0.15) is 29.0 Å². The first-order valence-electron chi connectivity index (χ1n) is 6.99. The second-order valence-electron chi connectivity index (χ2n) is 6.43. The number of hydrogen-bond acceptors (Lipinski definition) is 0. The maximum Gasteiger partial charge on any atom is 1.00 e.